The summed E-state index contributed by atoms with van der Waals surface area (Å²) in [7, 11) is 1.84. The highest BCUT2D eigenvalue weighted by Crippen LogP contribution is 2.44. The summed E-state index contributed by atoms with van der Waals surface area (Å²) >= 11 is 6.74. The van der Waals surface area contributed by atoms with Gasteiger partial charge in [0.2, 0.25) is 5.91 Å². The summed E-state index contributed by atoms with van der Waals surface area (Å²) in [5, 5.41) is 6.70. The zero-order valence-electron chi connectivity index (χ0n) is 9.49. The highest BCUT2D eigenvalue weighted by atomic mass is 79.9. The zero-order chi connectivity index (χ0) is 12.7. The monoisotopic (exact) mass is 343 g/mol. The Bertz CT molecular complexity index is 607. The van der Waals surface area contributed by atoms with Crippen molar-refractivity contribution >= 4 is 55.5 Å². The normalized spacial score (nSPS) is 18.3. The fraction of sp³-hybridized carbons (Fsp3) is 0.273. The number of hydrogen-bond acceptors (Lipinski definition) is 5. The molecule has 0 fully saturated rings. The number of anilines is 2. The minimum absolute atomic E-state index is 0.0324. The Kier molecular flexibility index (Phi) is 3.13. The number of amides is 1. The van der Waals surface area contributed by atoms with Crippen LogP contribution in [0.5, 0.6) is 0 Å². The number of fused-ring (bicyclic) bond motifs is 1. The quantitative estimate of drug-likeness (QED) is 0.877. The molecule has 1 atom stereocenters. The molecule has 2 aromatic heterocycles. The van der Waals surface area contributed by atoms with Crippen LogP contribution in [0.15, 0.2) is 15.9 Å². The fourth-order valence-electron chi connectivity index (χ4n) is 1.97. The van der Waals surface area contributed by atoms with Crippen molar-refractivity contribution in [2.75, 3.05) is 17.7 Å². The lowest BCUT2D eigenvalue weighted by Crippen LogP contribution is -2.22. The molecule has 94 valence electrons. The Morgan fingerprint density at radius 1 is 1.50 bits per heavy atom. The second kappa shape index (κ2) is 4.64. The molecule has 1 aliphatic heterocycles. The number of rotatable bonds is 2. The molecular weight excluding hydrogens is 334 g/mol. The average molecular weight is 344 g/mol. The van der Waals surface area contributed by atoms with Crippen molar-refractivity contribution in [3.05, 3.63) is 25.7 Å². The first-order valence-corrected chi connectivity index (χ1v) is 7.83. The molecule has 1 aliphatic rings. The van der Waals surface area contributed by atoms with Crippen LogP contribution in [0.2, 0.25) is 0 Å². The molecule has 0 unspecified atom stereocenters. The summed E-state index contributed by atoms with van der Waals surface area (Å²) in [5.41, 5.74) is 0. The topological polar surface area (TPSA) is 54.0 Å². The lowest BCUT2D eigenvalue weighted by atomic mass is 9.98. The number of aromatic nitrogens is 1. The van der Waals surface area contributed by atoms with Crippen LogP contribution in [0.4, 0.5) is 10.9 Å². The largest absolute Gasteiger partial charge is 0.365 e. The number of thiophene rings is 1. The van der Waals surface area contributed by atoms with Crippen LogP contribution < -0.4 is 10.6 Å². The Labute approximate surface area is 121 Å². The second-order valence-corrected chi connectivity index (χ2v) is 7.45. The molecule has 0 saturated carbocycles. The summed E-state index contributed by atoms with van der Waals surface area (Å²) in [4.78, 5) is 18.4. The van der Waals surface area contributed by atoms with Crippen LogP contribution in [0.25, 0.3) is 0 Å². The van der Waals surface area contributed by atoms with Gasteiger partial charge >= 0.3 is 0 Å². The van der Waals surface area contributed by atoms with E-state index in [0.717, 1.165) is 13.8 Å². The van der Waals surface area contributed by atoms with E-state index in [0.29, 0.717) is 12.2 Å². The molecule has 3 heterocycles. The van der Waals surface area contributed by atoms with Gasteiger partial charge in [0.25, 0.3) is 0 Å². The van der Waals surface area contributed by atoms with Gasteiger partial charge in [-0.3, -0.25) is 4.79 Å². The molecule has 0 saturated heterocycles. The summed E-state index contributed by atoms with van der Waals surface area (Å²) in [6.45, 7) is 0. The third-order valence-electron chi connectivity index (χ3n) is 2.77. The summed E-state index contributed by atoms with van der Waals surface area (Å²) in [6, 6.07) is 4.09. The molecule has 0 aromatic carbocycles. The second-order valence-electron chi connectivity index (χ2n) is 3.93. The fourth-order valence-corrected chi connectivity index (χ4v) is 4.57. The summed E-state index contributed by atoms with van der Waals surface area (Å²) in [6.07, 6.45) is 0.491. The lowest BCUT2D eigenvalue weighted by molar-refractivity contribution is -0.116. The van der Waals surface area contributed by atoms with Gasteiger partial charge in [-0.1, -0.05) is 11.3 Å². The van der Waals surface area contributed by atoms with E-state index >= 15 is 0 Å². The molecule has 3 rings (SSSR count). The third-order valence-corrected chi connectivity index (χ3v) is 5.69. The van der Waals surface area contributed by atoms with Crippen LogP contribution >= 0.6 is 38.6 Å². The van der Waals surface area contributed by atoms with E-state index in [-0.39, 0.29) is 11.8 Å². The summed E-state index contributed by atoms with van der Waals surface area (Å²) in [5.74, 6) is 0.866. The first kappa shape index (κ1) is 12.1. The van der Waals surface area contributed by atoms with Gasteiger partial charge < -0.3 is 10.6 Å². The van der Waals surface area contributed by atoms with Gasteiger partial charge in [-0.25, -0.2) is 4.98 Å². The van der Waals surface area contributed by atoms with E-state index in [9.17, 15) is 4.79 Å². The number of carbonyl (C=O) groups is 1. The van der Waals surface area contributed by atoms with E-state index in [2.05, 4.69) is 37.6 Å². The molecule has 2 aromatic rings. The van der Waals surface area contributed by atoms with Gasteiger partial charge in [0.15, 0.2) is 5.13 Å². The first-order valence-electron chi connectivity index (χ1n) is 5.41. The molecule has 0 bridgehead atoms. The van der Waals surface area contributed by atoms with Gasteiger partial charge in [-0.15, -0.1) is 11.3 Å². The molecular formula is C11H10BrN3OS2. The molecule has 0 spiro atoms. The maximum Gasteiger partial charge on any atom is 0.226 e. The van der Waals surface area contributed by atoms with Gasteiger partial charge in [-0.05, 0) is 28.1 Å². The number of hydrogen-bond donors (Lipinski definition) is 2. The zero-order valence-corrected chi connectivity index (χ0v) is 12.7. The molecule has 0 aliphatic carbocycles. The van der Waals surface area contributed by atoms with Crippen molar-refractivity contribution in [1.82, 2.24) is 4.98 Å². The molecule has 18 heavy (non-hydrogen) atoms. The SMILES string of the molecule is CNc1nc2c(s1)[C@@H](c1ccc(Br)s1)CC(=O)N2. The molecule has 0 radical (unpaired) electrons. The van der Waals surface area contributed by atoms with E-state index < -0.39 is 0 Å². The third kappa shape index (κ3) is 2.06. The van der Waals surface area contributed by atoms with Crippen molar-refractivity contribution < 1.29 is 4.79 Å². The number of thiazole rings is 1. The Hall–Kier alpha value is -0.920. The Balaban J connectivity index is 2.06. The number of halogens is 1. The Morgan fingerprint density at radius 2 is 2.33 bits per heavy atom. The van der Waals surface area contributed by atoms with E-state index in [1.807, 2.05) is 13.1 Å². The maximum atomic E-state index is 11.7. The summed E-state index contributed by atoms with van der Waals surface area (Å²) < 4.78 is 1.09. The van der Waals surface area contributed by atoms with Crippen molar-refractivity contribution in [1.29, 1.82) is 0 Å². The lowest BCUT2D eigenvalue weighted by Gasteiger charge is -2.19. The van der Waals surface area contributed by atoms with E-state index in [4.69, 9.17) is 0 Å². The van der Waals surface area contributed by atoms with Crippen LogP contribution in [0.1, 0.15) is 22.1 Å². The average Bonchev–Trinajstić information content (AvgIpc) is 2.93. The highest BCUT2D eigenvalue weighted by molar-refractivity contribution is 9.11. The molecule has 4 nitrogen and oxygen atoms in total. The van der Waals surface area contributed by atoms with Crippen molar-refractivity contribution in [3.8, 4) is 0 Å². The smallest absolute Gasteiger partial charge is 0.226 e. The number of nitrogens with zero attached hydrogens (tertiary/aromatic N) is 1. The van der Waals surface area contributed by atoms with Gasteiger partial charge in [0.05, 0.1) is 8.66 Å². The van der Waals surface area contributed by atoms with Gasteiger partial charge in [-0.2, -0.15) is 0 Å². The van der Waals surface area contributed by atoms with Crippen LogP contribution in [0, 0.1) is 0 Å². The van der Waals surface area contributed by atoms with Crippen molar-refractivity contribution in [2.24, 2.45) is 0 Å². The Morgan fingerprint density at radius 3 is 3.00 bits per heavy atom. The highest BCUT2D eigenvalue weighted by Gasteiger charge is 2.31. The van der Waals surface area contributed by atoms with Crippen molar-refractivity contribution in [2.45, 2.75) is 12.3 Å². The van der Waals surface area contributed by atoms with Gasteiger partial charge in [0, 0.05) is 24.3 Å². The predicted molar refractivity (Wildman–Crippen MR) is 78.8 cm³/mol. The number of carbonyl (C=O) groups excluding carboxylic acids is 1. The number of nitrogens with one attached hydrogen (secondary N) is 2. The minimum Gasteiger partial charge on any atom is -0.365 e. The van der Waals surface area contributed by atoms with Gasteiger partial charge in [0.1, 0.15) is 5.82 Å². The molecule has 1 amide bonds. The van der Waals surface area contributed by atoms with Crippen molar-refractivity contribution in [3.63, 3.8) is 0 Å². The molecule has 7 heteroatoms. The standard InChI is InChI=1S/C11H10BrN3OS2/c1-13-11-15-10-9(18-11)5(4-8(16)14-10)6-2-3-7(12)17-6/h2-3,5H,4H2,1H3,(H,13,15)(H,14,16)/t5-/m1/s1. The predicted octanol–water partition coefficient (Wildman–Crippen LogP) is 3.48. The first-order chi connectivity index (χ1) is 8.67. The van der Waals surface area contributed by atoms with Crippen LogP contribution in [-0.4, -0.2) is 17.9 Å². The van der Waals surface area contributed by atoms with E-state index in [1.165, 1.54) is 4.88 Å². The van der Waals surface area contributed by atoms with E-state index in [1.54, 1.807) is 22.7 Å². The minimum atomic E-state index is 0.0324. The maximum absolute atomic E-state index is 11.7. The van der Waals surface area contributed by atoms with Crippen LogP contribution in [-0.2, 0) is 4.79 Å². The molecule has 2 N–H and O–H groups in total. The van der Waals surface area contributed by atoms with Crippen LogP contribution in [0.3, 0.4) is 0 Å².